The average Bonchev–Trinajstić information content (AvgIpc) is 3.07. The Labute approximate surface area is 156 Å². The lowest BCUT2D eigenvalue weighted by Gasteiger charge is -2.21. The summed E-state index contributed by atoms with van der Waals surface area (Å²) in [5, 5.41) is 2.70. The van der Waals surface area contributed by atoms with E-state index < -0.39 is 5.91 Å². The molecule has 0 bridgehead atoms. The van der Waals surface area contributed by atoms with Gasteiger partial charge in [0, 0.05) is 31.5 Å². The van der Waals surface area contributed by atoms with Crippen molar-refractivity contribution in [2.75, 3.05) is 13.1 Å². The Balaban J connectivity index is 1.74. The number of nitrogens with one attached hydrogen (secondary N) is 1. The van der Waals surface area contributed by atoms with Gasteiger partial charge in [0.2, 0.25) is 0 Å². The predicted molar refractivity (Wildman–Crippen MR) is 97.3 cm³/mol. The van der Waals surface area contributed by atoms with E-state index in [-0.39, 0.29) is 41.6 Å². The second kappa shape index (κ2) is 8.22. The molecule has 7 nitrogen and oxygen atoms in total. The highest BCUT2D eigenvalue weighted by Crippen LogP contribution is 2.24. The minimum Gasteiger partial charge on any atom is -0.347 e. The molecule has 2 heterocycles. The van der Waals surface area contributed by atoms with Crippen molar-refractivity contribution >= 4 is 11.8 Å². The summed E-state index contributed by atoms with van der Waals surface area (Å²) in [6.07, 6.45) is 3.60. The van der Waals surface area contributed by atoms with E-state index in [2.05, 4.69) is 15.3 Å². The number of benzene rings is 1. The third-order valence-electron chi connectivity index (χ3n) is 4.74. The van der Waals surface area contributed by atoms with Gasteiger partial charge in [-0.15, -0.1) is 0 Å². The van der Waals surface area contributed by atoms with Crippen molar-refractivity contribution in [3.05, 3.63) is 59.4 Å². The first kappa shape index (κ1) is 18.9. The summed E-state index contributed by atoms with van der Waals surface area (Å²) >= 11 is 0. The molecule has 1 aliphatic rings. The molecule has 0 saturated carbocycles. The van der Waals surface area contributed by atoms with Gasteiger partial charge in [0.05, 0.1) is 0 Å². The van der Waals surface area contributed by atoms with E-state index in [4.69, 9.17) is 5.73 Å². The Bertz CT molecular complexity index is 827. The second-order valence-corrected chi connectivity index (χ2v) is 6.71. The van der Waals surface area contributed by atoms with Gasteiger partial charge in [0.15, 0.2) is 11.4 Å². The molecule has 1 aromatic heterocycles. The van der Waals surface area contributed by atoms with Crippen molar-refractivity contribution in [1.29, 1.82) is 0 Å². The summed E-state index contributed by atoms with van der Waals surface area (Å²) in [5.41, 5.74) is 6.47. The SMILES string of the molecule is CC1CC(CN)CN1C(=O)c1nccnc1C(=O)NCc1ccc(F)cc1. The number of amides is 2. The van der Waals surface area contributed by atoms with Gasteiger partial charge in [0.25, 0.3) is 11.8 Å². The first-order chi connectivity index (χ1) is 13.0. The summed E-state index contributed by atoms with van der Waals surface area (Å²) < 4.78 is 13.0. The molecular formula is C19H22FN5O2. The molecule has 27 heavy (non-hydrogen) atoms. The highest BCUT2D eigenvalue weighted by Gasteiger charge is 2.34. The standard InChI is InChI=1S/C19H22FN5O2/c1-12-8-14(9-21)11-25(12)19(27)17-16(22-6-7-23-17)18(26)24-10-13-2-4-15(20)5-3-13/h2-7,12,14H,8-11,21H2,1H3,(H,24,26). The third-order valence-corrected chi connectivity index (χ3v) is 4.74. The van der Waals surface area contributed by atoms with Crippen LogP contribution in [0.15, 0.2) is 36.7 Å². The van der Waals surface area contributed by atoms with Crippen LogP contribution < -0.4 is 11.1 Å². The van der Waals surface area contributed by atoms with E-state index in [0.717, 1.165) is 12.0 Å². The molecule has 1 saturated heterocycles. The summed E-state index contributed by atoms with van der Waals surface area (Å²) in [4.78, 5) is 35.3. The van der Waals surface area contributed by atoms with Gasteiger partial charge in [-0.3, -0.25) is 9.59 Å². The number of aromatic nitrogens is 2. The number of likely N-dealkylation sites (tertiary alicyclic amines) is 1. The minimum absolute atomic E-state index is 0.0204. The van der Waals surface area contributed by atoms with E-state index in [0.29, 0.717) is 13.1 Å². The van der Waals surface area contributed by atoms with E-state index >= 15 is 0 Å². The number of carbonyl (C=O) groups is 2. The molecule has 2 atom stereocenters. The number of nitrogens with two attached hydrogens (primary N) is 1. The Hall–Kier alpha value is -2.87. The number of hydrogen-bond donors (Lipinski definition) is 2. The molecule has 2 unspecified atom stereocenters. The fourth-order valence-corrected chi connectivity index (χ4v) is 3.26. The maximum Gasteiger partial charge on any atom is 0.275 e. The van der Waals surface area contributed by atoms with E-state index in [9.17, 15) is 14.0 Å². The summed E-state index contributed by atoms with van der Waals surface area (Å²) in [6.45, 7) is 3.21. The normalized spacial score (nSPS) is 19.1. The van der Waals surface area contributed by atoms with Crippen LogP contribution in [0, 0.1) is 11.7 Å². The Kier molecular flexibility index (Phi) is 5.75. The minimum atomic E-state index is -0.502. The van der Waals surface area contributed by atoms with Crippen LogP contribution in [0.25, 0.3) is 0 Å². The zero-order chi connectivity index (χ0) is 19.4. The number of rotatable bonds is 5. The molecule has 0 spiro atoms. The van der Waals surface area contributed by atoms with Crippen LogP contribution in [-0.2, 0) is 6.54 Å². The van der Waals surface area contributed by atoms with E-state index in [1.807, 2.05) is 6.92 Å². The first-order valence-electron chi connectivity index (χ1n) is 8.84. The highest BCUT2D eigenvalue weighted by molar-refractivity contribution is 6.04. The number of halogens is 1. The largest absolute Gasteiger partial charge is 0.347 e. The Morgan fingerprint density at radius 3 is 2.52 bits per heavy atom. The maximum absolute atomic E-state index is 13.0. The molecule has 0 radical (unpaired) electrons. The molecule has 8 heteroatoms. The van der Waals surface area contributed by atoms with Gasteiger partial charge in [-0.2, -0.15) is 0 Å². The summed E-state index contributed by atoms with van der Waals surface area (Å²) in [7, 11) is 0. The Morgan fingerprint density at radius 2 is 1.89 bits per heavy atom. The van der Waals surface area contributed by atoms with Crippen LogP contribution in [0.5, 0.6) is 0 Å². The van der Waals surface area contributed by atoms with E-state index in [1.54, 1.807) is 17.0 Å². The van der Waals surface area contributed by atoms with Crippen LogP contribution in [0.3, 0.4) is 0 Å². The molecule has 142 valence electrons. The van der Waals surface area contributed by atoms with Crippen molar-refractivity contribution in [3.8, 4) is 0 Å². The zero-order valence-electron chi connectivity index (χ0n) is 15.1. The van der Waals surface area contributed by atoms with Crippen LogP contribution in [0.4, 0.5) is 4.39 Å². The molecule has 1 fully saturated rings. The molecule has 2 amide bonds. The topological polar surface area (TPSA) is 101 Å². The van der Waals surface area contributed by atoms with Crippen LogP contribution in [-0.4, -0.2) is 45.8 Å². The monoisotopic (exact) mass is 371 g/mol. The molecule has 0 aliphatic carbocycles. The van der Waals surface area contributed by atoms with Crippen molar-refractivity contribution in [2.45, 2.75) is 25.9 Å². The van der Waals surface area contributed by atoms with Crippen LogP contribution >= 0.6 is 0 Å². The van der Waals surface area contributed by atoms with Gasteiger partial charge >= 0.3 is 0 Å². The zero-order valence-corrected chi connectivity index (χ0v) is 15.1. The lowest BCUT2D eigenvalue weighted by atomic mass is 10.1. The van der Waals surface area contributed by atoms with Crippen molar-refractivity contribution in [2.24, 2.45) is 11.7 Å². The molecule has 1 aliphatic heterocycles. The van der Waals surface area contributed by atoms with Crippen molar-refractivity contribution < 1.29 is 14.0 Å². The predicted octanol–water partition coefficient (Wildman–Crippen LogP) is 1.35. The lowest BCUT2D eigenvalue weighted by molar-refractivity contribution is 0.0729. The fourth-order valence-electron chi connectivity index (χ4n) is 3.26. The number of nitrogens with zero attached hydrogens (tertiary/aromatic N) is 3. The second-order valence-electron chi connectivity index (χ2n) is 6.71. The molecule has 2 aromatic rings. The average molecular weight is 371 g/mol. The molecular weight excluding hydrogens is 349 g/mol. The molecule has 3 N–H and O–H groups in total. The van der Waals surface area contributed by atoms with Crippen molar-refractivity contribution in [3.63, 3.8) is 0 Å². The molecule has 1 aromatic carbocycles. The van der Waals surface area contributed by atoms with Gasteiger partial charge < -0.3 is 16.0 Å². The smallest absolute Gasteiger partial charge is 0.275 e. The highest BCUT2D eigenvalue weighted by atomic mass is 19.1. The van der Waals surface area contributed by atoms with Gasteiger partial charge in [-0.1, -0.05) is 12.1 Å². The third kappa shape index (κ3) is 4.28. The maximum atomic E-state index is 13.0. The number of hydrogen-bond acceptors (Lipinski definition) is 5. The first-order valence-corrected chi connectivity index (χ1v) is 8.84. The van der Waals surface area contributed by atoms with Gasteiger partial charge in [-0.05, 0) is 43.5 Å². The van der Waals surface area contributed by atoms with Gasteiger partial charge in [0.1, 0.15) is 5.82 Å². The number of carbonyl (C=O) groups excluding carboxylic acids is 2. The van der Waals surface area contributed by atoms with E-state index in [1.165, 1.54) is 24.5 Å². The lowest BCUT2D eigenvalue weighted by Crippen LogP contribution is -2.37. The van der Waals surface area contributed by atoms with Crippen LogP contribution in [0.2, 0.25) is 0 Å². The van der Waals surface area contributed by atoms with Gasteiger partial charge in [-0.25, -0.2) is 14.4 Å². The fraction of sp³-hybridized carbons (Fsp3) is 0.368. The molecule has 3 rings (SSSR count). The van der Waals surface area contributed by atoms with Crippen molar-refractivity contribution in [1.82, 2.24) is 20.2 Å². The quantitative estimate of drug-likeness (QED) is 0.826. The Morgan fingerprint density at radius 1 is 1.22 bits per heavy atom. The summed E-state index contributed by atoms with van der Waals surface area (Å²) in [6, 6.07) is 5.83. The van der Waals surface area contributed by atoms with Crippen LogP contribution in [0.1, 0.15) is 39.9 Å². The summed E-state index contributed by atoms with van der Waals surface area (Å²) in [5.74, 6) is -0.921.